The average molecular weight is 601 g/mol. The summed E-state index contributed by atoms with van der Waals surface area (Å²) in [5, 5.41) is 0. The molecule has 7 aromatic rings. The SMILES string of the molecule is Fc1ccccc1-c1nc2cc(-c3ccc4nc(-c5ccccc5)c(-c5ccccc5F)nc4c3)ccc2nc1C1=CCCC=C1. The predicted molar refractivity (Wildman–Crippen MR) is 181 cm³/mol. The molecule has 0 spiro atoms. The minimum Gasteiger partial charge on any atom is -0.244 e. The summed E-state index contributed by atoms with van der Waals surface area (Å²) >= 11 is 0. The fourth-order valence-corrected chi connectivity index (χ4v) is 5.94. The highest BCUT2D eigenvalue weighted by molar-refractivity contribution is 5.92. The Balaban J connectivity index is 1.28. The molecule has 46 heavy (non-hydrogen) atoms. The van der Waals surface area contributed by atoms with Crippen LogP contribution in [0.4, 0.5) is 8.78 Å². The third-order valence-corrected chi connectivity index (χ3v) is 8.24. The summed E-state index contributed by atoms with van der Waals surface area (Å²) in [4.78, 5) is 19.9. The Hall–Kier alpha value is -5.88. The van der Waals surface area contributed by atoms with Crippen molar-refractivity contribution in [1.82, 2.24) is 19.9 Å². The van der Waals surface area contributed by atoms with E-state index >= 15 is 8.78 Å². The van der Waals surface area contributed by atoms with Crippen molar-refractivity contribution in [2.24, 2.45) is 0 Å². The molecule has 2 aromatic heterocycles. The molecule has 0 saturated carbocycles. The summed E-state index contributed by atoms with van der Waals surface area (Å²) in [7, 11) is 0. The first-order chi connectivity index (χ1) is 22.6. The van der Waals surface area contributed by atoms with Crippen LogP contribution in [0.3, 0.4) is 0 Å². The molecule has 2 heterocycles. The molecule has 0 bridgehead atoms. The monoisotopic (exact) mass is 600 g/mol. The molecule has 220 valence electrons. The molecule has 0 N–H and O–H groups in total. The third-order valence-electron chi connectivity index (χ3n) is 8.24. The largest absolute Gasteiger partial charge is 0.244 e. The van der Waals surface area contributed by atoms with E-state index in [0.717, 1.165) is 35.1 Å². The van der Waals surface area contributed by atoms with Crippen LogP contribution in [-0.4, -0.2) is 19.9 Å². The number of hydrogen-bond acceptors (Lipinski definition) is 4. The van der Waals surface area contributed by atoms with Gasteiger partial charge < -0.3 is 0 Å². The maximum Gasteiger partial charge on any atom is 0.132 e. The summed E-state index contributed by atoms with van der Waals surface area (Å²) in [5.74, 6) is -0.704. The van der Waals surface area contributed by atoms with Crippen LogP contribution in [0.25, 0.3) is 72.5 Å². The Labute approximate surface area is 264 Å². The van der Waals surface area contributed by atoms with E-state index in [4.69, 9.17) is 19.9 Å². The molecule has 0 saturated heterocycles. The highest BCUT2D eigenvalue weighted by Gasteiger charge is 2.19. The van der Waals surface area contributed by atoms with Gasteiger partial charge in [-0.3, -0.25) is 0 Å². The summed E-state index contributed by atoms with van der Waals surface area (Å²) in [6.45, 7) is 0. The van der Waals surface area contributed by atoms with Gasteiger partial charge in [-0.1, -0.05) is 85.0 Å². The molecule has 1 aliphatic carbocycles. The molecular formula is C40H26F2N4. The van der Waals surface area contributed by atoms with E-state index in [1.54, 1.807) is 30.3 Å². The van der Waals surface area contributed by atoms with Gasteiger partial charge in [0.25, 0.3) is 0 Å². The maximum absolute atomic E-state index is 15.1. The Morgan fingerprint density at radius 1 is 0.435 bits per heavy atom. The van der Waals surface area contributed by atoms with Crippen LogP contribution in [0, 0.1) is 11.6 Å². The lowest BCUT2D eigenvalue weighted by Crippen LogP contribution is -2.01. The normalized spacial score (nSPS) is 12.9. The Bertz CT molecular complexity index is 2350. The van der Waals surface area contributed by atoms with E-state index in [-0.39, 0.29) is 11.6 Å². The van der Waals surface area contributed by atoms with Crippen LogP contribution in [-0.2, 0) is 0 Å². The van der Waals surface area contributed by atoms with E-state index in [1.807, 2.05) is 78.9 Å². The molecule has 0 fully saturated rings. The van der Waals surface area contributed by atoms with Crippen molar-refractivity contribution in [3.05, 3.63) is 151 Å². The van der Waals surface area contributed by atoms with Gasteiger partial charge in [-0.05, 0) is 78.1 Å². The number of aromatic nitrogens is 4. The van der Waals surface area contributed by atoms with Crippen LogP contribution >= 0.6 is 0 Å². The molecule has 8 rings (SSSR count). The van der Waals surface area contributed by atoms with Crippen molar-refractivity contribution in [3.63, 3.8) is 0 Å². The van der Waals surface area contributed by atoms with Gasteiger partial charge in [0.15, 0.2) is 0 Å². The van der Waals surface area contributed by atoms with Crippen LogP contribution in [0.15, 0.2) is 133 Å². The van der Waals surface area contributed by atoms with Gasteiger partial charge in [0.2, 0.25) is 0 Å². The van der Waals surface area contributed by atoms with Crippen LogP contribution in [0.5, 0.6) is 0 Å². The molecule has 0 radical (unpaired) electrons. The van der Waals surface area contributed by atoms with Gasteiger partial charge in [-0.25, -0.2) is 28.7 Å². The Kier molecular flexibility index (Phi) is 6.95. The zero-order chi connectivity index (χ0) is 31.0. The molecule has 4 nitrogen and oxygen atoms in total. The smallest absolute Gasteiger partial charge is 0.132 e. The van der Waals surface area contributed by atoms with Crippen molar-refractivity contribution in [2.45, 2.75) is 12.8 Å². The second-order valence-corrected chi connectivity index (χ2v) is 11.2. The molecule has 0 atom stereocenters. The Morgan fingerprint density at radius 3 is 1.52 bits per heavy atom. The van der Waals surface area contributed by atoms with E-state index in [0.29, 0.717) is 56.0 Å². The van der Waals surface area contributed by atoms with Gasteiger partial charge in [-0.15, -0.1) is 0 Å². The van der Waals surface area contributed by atoms with Crippen molar-refractivity contribution >= 4 is 27.6 Å². The quantitative estimate of drug-likeness (QED) is 0.197. The minimum atomic E-state index is -0.359. The molecular weight excluding hydrogens is 574 g/mol. The number of benzene rings is 5. The highest BCUT2D eigenvalue weighted by atomic mass is 19.1. The number of halogens is 2. The number of allylic oxidation sites excluding steroid dienone is 4. The van der Waals surface area contributed by atoms with Gasteiger partial charge in [-0.2, -0.15) is 0 Å². The highest BCUT2D eigenvalue weighted by Crippen LogP contribution is 2.36. The topological polar surface area (TPSA) is 51.6 Å². The first kappa shape index (κ1) is 27.7. The molecule has 6 heteroatoms. The minimum absolute atomic E-state index is 0.345. The van der Waals surface area contributed by atoms with Crippen molar-refractivity contribution in [2.75, 3.05) is 0 Å². The summed E-state index contributed by atoms with van der Waals surface area (Å²) in [6, 6.07) is 34.8. The number of nitrogens with zero attached hydrogens (tertiary/aromatic N) is 4. The maximum atomic E-state index is 15.1. The molecule has 0 unspecified atom stereocenters. The van der Waals surface area contributed by atoms with Gasteiger partial charge in [0.1, 0.15) is 23.0 Å². The first-order valence-corrected chi connectivity index (χ1v) is 15.2. The fourth-order valence-electron chi connectivity index (χ4n) is 5.94. The number of hydrogen-bond donors (Lipinski definition) is 0. The zero-order valence-corrected chi connectivity index (χ0v) is 24.7. The fraction of sp³-hybridized carbons (Fsp3) is 0.0500. The zero-order valence-electron chi connectivity index (χ0n) is 24.7. The standard InChI is InChI=1S/C40H26F2N4/c41-31-17-9-7-15-29(31)39-37(25-11-3-1-4-12-25)43-33-21-19-27(23-35(33)45-39)28-20-22-34-36(24-28)46-40(30-16-8-10-18-32(30)42)38(44-34)26-13-5-2-6-14-26/h1,3-5,7-24H,2,6H2. The van der Waals surface area contributed by atoms with Crippen LogP contribution in [0.2, 0.25) is 0 Å². The average Bonchev–Trinajstić information content (AvgIpc) is 3.11. The van der Waals surface area contributed by atoms with Gasteiger partial charge in [0, 0.05) is 16.7 Å². The van der Waals surface area contributed by atoms with Crippen LogP contribution < -0.4 is 0 Å². The lowest BCUT2D eigenvalue weighted by molar-refractivity contribution is 0.630. The van der Waals surface area contributed by atoms with E-state index in [1.165, 1.54) is 12.1 Å². The van der Waals surface area contributed by atoms with Gasteiger partial charge >= 0.3 is 0 Å². The van der Waals surface area contributed by atoms with Crippen molar-refractivity contribution < 1.29 is 8.78 Å². The van der Waals surface area contributed by atoms with E-state index in [2.05, 4.69) is 12.2 Å². The Morgan fingerprint density at radius 2 is 0.957 bits per heavy atom. The number of rotatable bonds is 5. The second kappa shape index (κ2) is 11.6. The second-order valence-electron chi connectivity index (χ2n) is 11.2. The summed E-state index contributed by atoms with van der Waals surface area (Å²) in [5.41, 5.74) is 9.36. The molecule has 1 aliphatic rings. The predicted octanol–water partition coefficient (Wildman–Crippen LogP) is 10.3. The van der Waals surface area contributed by atoms with Crippen LogP contribution in [0.1, 0.15) is 18.5 Å². The number of fused-ring (bicyclic) bond motifs is 2. The summed E-state index contributed by atoms with van der Waals surface area (Å²) < 4.78 is 30.2. The lowest BCUT2D eigenvalue weighted by Gasteiger charge is -2.14. The third kappa shape index (κ3) is 5.04. The lowest BCUT2D eigenvalue weighted by atomic mass is 9.98. The van der Waals surface area contributed by atoms with E-state index in [9.17, 15) is 0 Å². The van der Waals surface area contributed by atoms with E-state index < -0.39 is 0 Å². The molecule has 5 aromatic carbocycles. The molecule has 0 amide bonds. The van der Waals surface area contributed by atoms with Gasteiger partial charge in [0.05, 0.1) is 33.5 Å². The molecule has 0 aliphatic heterocycles. The first-order valence-electron chi connectivity index (χ1n) is 15.2. The van der Waals surface area contributed by atoms with Crippen molar-refractivity contribution in [3.8, 4) is 44.9 Å². The summed E-state index contributed by atoms with van der Waals surface area (Å²) in [6.07, 6.45) is 8.14. The van der Waals surface area contributed by atoms with Crippen molar-refractivity contribution in [1.29, 1.82) is 0 Å².